The number of sulfonamides is 1. The molecule has 0 aliphatic carbocycles. The molecule has 0 spiro atoms. The lowest BCUT2D eigenvalue weighted by Gasteiger charge is -2.02. The lowest BCUT2D eigenvalue weighted by atomic mass is 10.3. The third-order valence-electron chi connectivity index (χ3n) is 1.59. The van der Waals surface area contributed by atoms with Gasteiger partial charge in [0.15, 0.2) is 0 Å². The van der Waals surface area contributed by atoms with Gasteiger partial charge in [-0.1, -0.05) is 0 Å². The molecule has 0 unspecified atom stereocenters. The second-order valence-corrected chi connectivity index (χ2v) is 4.37. The number of nitrogens with two attached hydrogens (primary N) is 1. The molecule has 0 aromatic carbocycles. The Bertz CT molecular complexity index is 487. The Morgan fingerprint density at radius 1 is 1.46 bits per heavy atom. The van der Waals surface area contributed by atoms with Crippen LogP contribution in [0.15, 0.2) is 22.0 Å². The Morgan fingerprint density at radius 2 is 2.00 bits per heavy atom. The van der Waals surface area contributed by atoms with Crippen LogP contribution in [0.3, 0.4) is 0 Å². The highest BCUT2D eigenvalue weighted by molar-refractivity contribution is 7.89. The fourth-order valence-corrected chi connectivity index (χ4v) is 1.79. The molecule has 0 amide bonds. The largest absolute Gasteiger partial charge is 0.317 e. The quantitative estimate of drug-likeness (QED) is 0.656. The Labute approximate surface area is 75.9 Å². The van der Waals surface area contributed by atoms with Gasteiger partial charge in [0.25, 0.3) is 5.56 Å². The molecule has 0 saturated heterocycles. The Morgan fingerprint density at radius 3 is 2.46 bits per heavy atom. The topological polar surface area (TPSA) is 82.2 Å². The van der Waals surface area contributed by atoms with Gasteiger partial charge < -0.3 is 4.57 Å². The highest BCUT2D eigenvalue weighted by atomic mass is 32.2. The molecule has 0 aliphatic heterocycles. The van der Waals surface area contributed by atoms with Crippen LogP contribution in [-0.2, 0) is 17.1 Å². The fraction of sp³-hybridized carbons (Fsp3) is 0.286. The SMILES string of the molecule is Cc1cc(S(N)(=O)=O)c(=O)n(C)c1. The molecule has 13 heavy (non-hydrogen) atoms. The van der Waals surface area contributed by atoms with Crippen LogP contribution in [0.5, 0.6) is 0 Å². The molecule has 0 saturated carbocycles. The minimum Gasteiger partial charge on any atom is -0.317 e. The van der Waals surface area contributed by atoms with E-state index in [0.717, 1.165) is 0 Å². The van der Waals surface area contributed by atoms with Crippen molar-refractivity contribution in [3.8, 4) is 0 Å². The van der Waals surface area contributed by atoms with Gasteiger partial charge in [0.1, 0.15) is 4.90 Å². The zero-order valence-corrected chi connectivity index (χ0v) is 8.13. The zero-order chi connectivity index (χ0) is 10.2. The highest BCUT2D eigenvalue weighted by Crippen LogP contribution is 2.02. The van der Waals surface area contributed by atoms with Crippen molar-refractivity contribution in [1.82, 2.24) is 4.57 Å². The van der Waals surface area contributed by atoms with E-state index in [1.807, 2.05) is 0 Å². The summed E-state index contributed by atoms with van der Waals surface area (Å²) in [5, 5.41) is 4.85. The number of rotatable bonds is 1. The summed E-state index contributed by atoms with van der Waals surface area (Å²) < 4.78 is 23.0. The van der Waals surface area contributed by atoms with Crippen molar-refractivity contribution in [2.75, 3.05) is 0 Å². The van der Waals surface area contributed by atoms with Crippen molar-refractivity contribution < 1.29 is 8.42 Å². The van der Waals surface area contributed by atoms with E-state index in [-0.39, 0.29) is 4.90 Å². The van der Waals surface area contributed by atoms with Crippen molar-refractivity contribution in [3.63, 3.8) is 0 Å². The summed E-state index contributed by atoms with van der Waals surface area (Å²) in [7, 11) is -2.44. The molecule has 0 bridgehead atoms. The Hall–Kier alpha value is -1.14. The first-order chi connectivity index (χ1) is 5.82. The Balaban J connectivity index is 3.66. The number of pyridine rings is 1. The van der Waals surface area contributed by atoms with Gasteiger partial charge in [0, 0.05) is 13.2 Å². The molecule has 5 nitrogen and oxygen atoms in total. The fourth-order valence-electron chi connectivity index (χ4n) is 1.05. The van der Waals surface area contributed by atoms with E-state index < -0.39 is 15.6 Å². The lowest BCUT2D eigenvalue weighted by molar-refractivity contribution is 0.594. The van der Waals surface area contributed by atoms with Crippen molar-refractivity contribution in [2.24, 2.45) is 12.2 Å². The van der Waals surface area contributed by atoms with Crippen LogP contribution in [0.2, 0.25) is 0 Å². The summed E-state index contributed by atoms with van der Waals surface area (Å²) in [4.78, 5) is 10.9. The van der Waals surface area contributed by atoms with E-state index in [4.69, 9.17) is 5.14 Å². The van der Waals surface area contributed by atoms with Gasteiger partial charge in [-0.05, 0) is 18.6 Å². The zero-order valence-electron chi connectivity index (χ0n) is 7.31. The van der Waals surface area contributed by atoms with Gasteiger partial charge in [-0.15, -0.1) is 0 Å². The van der Waals surface area contributed by atoms with Gasteiger partial charge in [0.2, 0.25) is 10.0 Å². The monoisotopic (exact) mass is 202 g/mol. The molecule has 0 radical (unpaired) electrons. The van der Waals surface area contributed by atoms with Crippen LogP contribution in [0.25, 0.3) is 0 Å². The molecular formula is C7H10N2O3S. The molecule has 1 rings (SSSR count). The number of aromatic nitrogens is 1. The van der Waals surface area contributed by atoms with Crippen LogP contribution in [0.4, 0.5) is 0 Å². The summed E-state index contributed by atoms with van der Waals surface area (Å²) in [6, 6.07) is 1.26. The van der Waals surface area contributed by atoms with E-state index in [9.17, 15) is 13.2 Å². The molecule has 1 aromatic heterocycles. The van der Waals surface area contributed by atoms with E-state index >= 15 is 0 Å². The van der Waals surface area contributed by atoms with Crippen LogP contribution >= 0.6 is 0 Å². The van der Waals surface area contributed by atoms with Gasteiger partial charge in [-0.25, -0.2) is 13.6 Å². The smallest absolute Gasteiger partial charge is 0.270 e. The average molecular weight is 202 g/mol. The maximum absolute atomic E-state index is 11.3. The van der Waals surface area contributed by atoms with Crippen LogP contribution in [0.1, 0.15) is 5.56 Å². The summed E-state index contributed by atoms with van der Waals surface area (Å²) >= 11 is 0. The highest BCUT2D eigenvalue weighted by Gasteiger charge is 2.13. The number of aryl methyl sites for hydroxylation is 2. The van der Waals surface area contributed by atoms with Crippen molar-refractivity contribution in [3.05, 3.63) is 28.2 Å². The number of nitrogens with zero attached hydrogens (tertiary/aromatic N) is 1. The van der Waals surface area contributed by atoms with E-state index in [0.29, 0.717) is 5.56 Å². The lowest BCUT2D eigenvalue weighted by Crippen LogP contribution is -2.27. The molecule has 1 aromatic rings. The molecular weight excluding hydrogens is 192 g/mol. The first-order valence-electron chi connectivity index (χ1n) is 3.52. The molecule has 72 valence electrons. The minimum absolute atomic E-state index is 0.366. The van der Waals surface area contributed by atoms with E-state index in [1.165, 1.54) is 23.9 Å². The van der Waals surface area contributed by atoms with Crippen molar-refractivity contribution >= 4 is 10.0 Å². The van der Waals surface area contributed by atoms with Crippen molar-refractivity contribution in [1.29, 1.82) is 0 Å². The molecule has 0 atom stereocenters. The van der Waals surface area contributed by atoms with Crippen LogP contribution in [-0.4, -0.2) is 13.0 Å². The maximum atomic E-state index is 11.3. The van der Waals surface area contributed by atoms with Gasteiger partial charge in [-0.3, -0.25) is 4.79 Å². The Kier molecular flexibility index (Phi) is 2.27. The minimum atomic E-state index is -3.91. The van der Waals surface area contributed by atoms with Gasteiger partial charge >= 0.3 is 0 Å². The molecule has 0 aliphatic rings. The second kappa shape index (κ2) is 2.97. The number of primary sulfonamides is 1. The first kappa shape index (κ1) is 9.94. The van der Waals surface area contributed by atoms with Gasteiger partial charge in [-0.2, -0.15) is 0 Å². The molecule has 2 N–H and O–H groups in total. The third kappa shape index (κ3) is 1.96. The second-order valence-electron chi connectivity index (χ2n) is 2.84. The predicted molar refractivity (Wildman–Crippen MR) is 47.8 cm³/mol. The summed E-state index contributed by atoms with van der Waals surface area (Å²) in [5.74, 6) is 0. The normalized spacial score (nSPS) is 11.6. The van der Waals surface area contributed by atoms with Crippen LogP contribution < -0.4 is 10.7 Å². The molecule has 6 heteroatoms. The predicted octanol–water partition coefficient (Wildman–Crippen LogP) is -0.659. The maximum Gasteiger partial charge on any atom is 0.270 e. The summed E-state index contributed by atoms with van der Waals surface area (Å²) in [6.07, 6.45) is 1.54. The van der Waals surface area contributed by atoms with Crippen LogP contribution in [0, 0.1) is 6.92 Å². The molecule has 0 fully saturated rings. The number of hydrogen-bond acceptors (Lipinski definition) is 3. The summed E-state index contributed by atoms with van der Waals surface area (Å²) in [6.45, 7) is 1.69. The van der Waals surface area contributed by atoms with E-state index in [2.05, 4.69) is 0 Å². The van der Waals surface area contributed by atoms with E-state index in [1.54, 1.807) is 6.92 Å². The average Bonchev–Trinajstić information content (AvgIpc) is 1.94. The summed E-state index contributed by atoms with van der Waals surface area (Å²) in [5.41, 5.74) is 0.0687. The number of hydrogen-bond donors (Lipinski definition) is 1. The first-order valence-corrected chi connectivity index (χ1v) is 5.07. The van der Waals surface area contributed by atoms with Crippen molar-refractivity contribution in [2.45, 2.75) is 11.8 Å². The molecule has 1 heterocycles. The van der Waals surface area contributed by atoms with Gasteiger partial charge in [0.05, 0.1) is 0 Å². The standard InChI is InChI=1S/C7H10N2O3S/c1-5-3-6(13(8,11)12)7(10)9(2)4-5/h3-4H,1-2H3,(H2,8,11,12). The third-order valence-corrected chi connectivity index (χ3v) is 2.50.